The standard InChI is InChI=1S/C13H19N3O3/c14-12(10-3-5-19-6-4-10)13(18)16-8-9-1-2-11(17)15-7-9/h1-2,7,10,12H,3-6,8,14H2,(H,15,17)(H,16,18). The van der Waals surface area contributed by atoms with Gasteiger partial charge in [0.05, 0.1) is 6.04 Å². The molecule has 1 unspecified atom stereocenters. The molecule has 6 nitrogen and oxygen atoms in total. The van der Waals surface area contributed by atoms with Crippen molar-refractivity contribution in [2.45, 2.75) is 25.4 Å². The van der Waals surface area contributed by atoms with E-state index in [0.29, 0.717) is 19.8 Å². The van der Waals surface area contributed by atoms with Crippen molar-refractivity contribution in [2.24, 2.45) is 11.7 Å². The normalized spacial score (nSPS) is 17.9. The number of rotatable bonds is 4. The summed E-state index contributed by atoms with van der Waals surface area (Å²) >= 11 is 0. The first-order valence-electron chi connectivity index (χ1n) is 6.45. The largest absolute Gasteiger partial charge is 0.381 e. The van der Waals surface area contributed by atoms with Gasteiger partial charge in [-0.25, -0.2) is 0 Å². The smallest absolute Gasteiger partial charge is 0.247 e. The van der Waals surface area contributed by atoms with Crippen molar-refractivity contribution in [3.05, 3.63) is 34.2 Å². The minimum Gasteiger partial charge on any atom is -0.381 e. The molecule has 1 fully saturated rings. The van der Waals surface area contributed by atoms with Crippen molar-refractivity contribution in [3.8, 4) is 0 Å². The summed E-state index contributed by atoms with van der Waals surface area (Å²) in [6.45, 7) is 1.71. The number of H-pyrrole nitrogens is 1. The number of pyridine rings is 1. The summed E-state index contributed by atoms with van der Waals surface area (Å²) in [4.78, 5) is 25.4. The van der Waals surface area contributed by atoms with E-state index in [1.807, 2.05) is 0 Å². The topological polar surface area (TPSA) is 97.2 Å². The average molecular weight is 265 g/mol. The molecule has 19 heavy (non-hydrogen) atoms. The Balaban J connectivity index is 1.83. The summed E-state index contributed by atoms with van der Waals surface area (Å²) in [6.07, 6.45) is 3.24. The zero-order valence-electron chi connectivity index (χ0n) is 10.7. The van der Waals surface area contributed by atoms with Crippen LogP contribution in [0.4, 0.5) is 0 Å². The highest BCUT2D eigenvalue weighted by Crippen LogP contribution is 2.17. The quantitative estimate of drug-likeness (QED) is 0.699. The van der Waals surface area contributed by atoms with Crippen LogP contribution in [-0.2, 0) is 16.1 Å². The minimum atomic E-state index is -0.494. The van der Waals surface area contributed by atoms with Crippen LogP contribution in [0.3, 0.4) is 0 Å². The fraction of sp³-hybridized carbons (Fsp3) is 0.538. The number of hydrogen-bond acceptors (Lipinski definition) is 4. The molecule has 1 aliphatic rings. The molecule has 6 heteroatoms. The molecule has 0 aliphatic carbocycles. The fourth-order valence-corrected chi connectivity index (χ4v) is 2.15. The van der Waals surface area contributed by atoms with E-state index in [-0.39, 0.29) is 17.4 Å². The summed E-state index contributed by atoms with van der Waals surface area (Å²) < 4.78 is 5.25. The molecule has 0 spiro atoms. The maximum atomic E-state index is 11.9. The highest BCUT2D eigenvalue weighted by atomic mass is 16.5. The molecule has 1 aliphatic heterocycles. The monoisotopic (exact) mass is 265 g/mol. The fourth-order valence-electron chi connectivity index (χ4n) is 2.15. The van der Waals surface area contributed by atoms with Crippen LogP contribution in [0, 0.1) is 5.92 Å². The highest BCUT2D eigenvalue weighted by Gasteiger charge is 2.26. The van der Waals surface area contributed by atoms with Gasteiger partial charge in [-0.05, 0) is 24.3 Å². The molecule has 1 atom stereocenters. The Morgan fingerprint density at radius 1 is 1.47 bits per heavy atom. The molecule has 0 saturated carbocycles. The molecule has 2 heterocycles. The zero-order chi connectivity index (χ0) is 13.7. The van der Waals surface area contributed by atoms with Gasteiger partial charge in [0, 0.05) is 32.0 Å². The van der Waals surface area contributed by atoms with Crippen LogP contribution in [0.5, 0.6) is 0 Å². The lowest BCUT2D eigenvalue weighted by Gasteiger charge is -2.26. The van der Waals surface area contributed by atoms with Gasteiger partial charge in [0.2, 0.25) is 11.5 Å². The van der Waals surface area contributed by atoms with Gasteiger partial charge in [-0.1, -0.05) is 6.07 Å². The predicted molar refractivity (Wildman–Crippen MR) is 70.4 cm³/mol. The van der Waals surface area contributed by atoms with E-state index < -0.39 is 6.04 Å². The van der Waals surface area contributed by atoms with Gasteiger partial charge in [0.15, 0.2) is 0 Å². The van der Waals surface area contributed by atoms with Crippen LogP contribution in [0.15, 0.2) is 23.1 Å². The third-order valence-corrected chi connectivity index (χ3v) is 3.39. The lowest BCUT2D eigenvalue weighted by Crippen LogP contribution is -2.46. The number of aromatic nitrogens is 1. The molecule has 1 aromatic rings. The Morgan fingerprint density at radius 2 is 2.21 bits per heavy atom. The molecule has 1 saturated heterocycles. The second kappa shape index (κ2) is 6.49. The molecule has 0 bridgehead atoms. The average Bonchev–Trinajstić information content (AvgIpc) is 2.46. The number of carbonyl (C=O) groups is 1. The summed E-state index contributed by atoms with van der Waals surface area (Å²) in [6, 6.07) is 2.62. The van der Waals surface area contributed by atoms with Gasteiger partial charge < -0.3 is 20.8 Å². The molecule has 0 radical (unpaired) electrons. The van der Waals surface area contributed by atoms with E-state index in [9.17, 15) is 9.59 Å². The van der Waals surface area contributed by atoms with E-state index in [0.717, 1.165) is 18.4 Å². The van der Waals surface area contributed by atoms with Crippen LogP contribution >= 0.6 is 0 Å². The van der Waals surface area contributed by atoms with Crippen molar-refractivity contribution in [2.75, 3.05) is 13.2 Å². The van der Waals surface area contributed by atoms with Crippen molar-refractivity contribution < 1.29 is 9.53 Å². The first-order chi connectivity index (χ1) is 9.16. The van der Waals surface area contributed by atoms with Gasteiger partial charge >= 0.3 is 0 Å². The van der Waals surface area contributed by atoms with Crippen LogP contribution in [0.1, 0.15) is 18.4 Å². The van der Waals surface area contributed by atoms with Gasteiger partial charge in [-0.3, -0.25) is 9.59 Å². The number of hydrogen-bond donors (Lipinski definition) is 3. The third kappa shape index (κ3) is 3.90. The number of ether oxygens (including phenoxy) is 1. The van der Waals surface area contributed by atoms with Crippen LogP contribution < -0.4 is 16.6 Å². The van der Waals surface area contributed by atoms with Gasteiger partial charge in [-0.2, -0.15) is 0 Å². The van der Waals surface area contributed by atoms with Crippen molar-refractivity contribution in [1.29, 1.82) is 0 Å². The Hall–Kier alpha value is -1.66. The van der Waals surface area contributed by atoms with E-state index in [1.165, 1.54) is 6.07 Å². The van der Waals surface area contributed by atoms with Gasteiger partial charge in [-0.15, -0.1) is 0 Å². The third-order valence-electron chi connectivity index (χ3n) is 3.39. The Morgan fingerprint density at radius 3 is 2.84 bits per heavy atom. The van der Waals surface area contributed by atoms with Gasteiger partial charge in [0.1, 0.15) is 0 Å². The Labute approximate surface area is 111 Å². The van der Waals surface area contributed by atoms with Crippen molar-refractivity contribution >= 4 is 5.91 Å². The zero-order valence-corrected chi connectivity index (χ0v) is 10.7. The second-order valence-electron chi connectivity index (χ2n) is 4.75. The minimum absolute atomic E-state index is 0.155. The summed E-state index contributed by atoms with van der Waals surface area (Å²) in [5.74, 6) is 0.0300. The Bertz CT molecular complexity index is 460. The maximum Gasteiger partial charge on any atom is 0.247 e. The van der Waals surface area contributed by atoms with E-state index in [4.69, 9.17) is 10.5 Å². The second-order valence-corrected chi connectivity index (χ2v) is 4.75. The first kappa shape index (κ1) is 13.8. The number of aromatic amines is 1. The maximum absolute atomic E-state index is 11.9. The molecule has 2 rings (SSSR count). The van der Waals surface area contributed by atoms with Crippen LogP contribution in [0.2, 0.25) is 0 Å². The number of carbonyl (C=O) groups excluding carboxylic acids is 1. The summed E-state index contributed by atoms with van der Waals surface area (Å²) in [5.41, 5.74) is 6.64. The van der Waals surface area contributed by atoms with E-state index >= 15 is 0 Å². The highest BCUT2D eigenvalue weighted by molar-refractivity contribution is 5.81. The lowest BCUT2D eigenvalue weighted by atomic mass is 9.92. The number of nitrogens with one attached hydrogen (secondary N) is 2. The van der Waals surface area contributed by atoms with Crippen LogP contribution in [0.25, 0.3) is 0 Å². The van der Waals surface area contributed by atoms with E-state index in [2.05, 4.69) is 10.3 Å². The lowest BCUT2D eigenvalue weighted by molar-refractivity contribution is -0.124. The van der Waals surface area contributed by atoms with Crippen molar-refractivity contribution in [1.82, 2.24) is 10.3 Å². The van der Waals surface area contributed by atoms with E-state index in [1.54, 1.807) is 12.3 Å². The molecular formula is C13H19N3O3. The SMILES string of the molecule is NC(C(=O)NCc1ccc(=O)[nH]c1)C1CCOCC1. The predicted octanol–water partition coefficient (Wildman–Crippen LogP) is -0.255. The molecule has 104 valence electrons. The number of nitrogens with two attached hydrogens (primary N) is 1. The molecule has 4 N–H and O–H groups in total. The molecule has 1 amide bonds. The molecule has 0 aromatic carbocycles. The summed E-state index contributed by atoms with van der Waals surface area (Å²) in [7, 11) is 0. The summed E-state index contributed by atoms with van der Waals surface area (Å²) in [5, 5.41) is 2.79. The van der Waals surface area contributed by atoms with Gasteiger partial charge in [0.25, 0.3) is 0 Å². The van der Waals surface area contributed by atoms with Crippen LogP contribution in [-0.4, -0.2) is 30.1 Å². The van der Waals surface area contributed by atoms with Crippen molar-refractivity contribution in [3.63, 3.8) is 0 Å². The first-order valence-corrected chi connectivity index (χ1v) is 6.45. The number of amides is 1. The molecular weight excluding hydrogens is 246 g/mol. The Kier molecular flexibility index (Phi) is 4.70. The molecule has 1 aromatic heterocycles.